The van der Waals surface area contributed by atoms with Crippen LogP contribution in [0.2, 0.25) is 0 Å². The van der Waals surface area contributed by atoms with Gasteiger partial charge in [-0.15, -0.1) is 11.3 Å². The average molecular weight is 311 g/mol. The molecule has 1 saturated carbocycles. The zero-order chi connectivity index (χ0) is 15.3. The van der Waals surface area contributed by atoms with Gasteiger partial charge in [-0.2, -0.15) is 0 Å². The summed E-state index contributed by atoms with van der Waals surface area (Å²) in [5.74, 6) is 0.685. The van der Waals surface area contributed by atoms with Crippen molar-refractivity contribution in [2.24, 2.45) is 5.92 Å². The van der Waals surface area contributed by atoms with Crippen molar-refractivity contribution in [2.75, 3.05) is 13.7 Å². The molecule has 2 rings (SSSR count). The van der Waals surface area contributed by atoms with Crippen LogP contribution in [0.15, 0.2) is 0 Å². The highest BCUT2D eigenvalue weighted by Gasteiger charge is 2.36. The van der Waals surface area contributed by atoms with Crippen molar-refractivity contribution in [1.29, 1.82) is 0 Å². The lowest BCUT2D eigenvalue weighted by atomic mass is 9.95. The first-order valence-corrected chi connectivity index (χ1v) is 9.12. The molecule has 120 valence electrons. The summed E-state index contributed by atoms with van der Waals surface area (Å²) in [7, 11) is 1.86. The Hall–Kier alpha value is -0.450. The summed E-state index contributed by atoms with van der Waals surface area (Å²) in [4.78, 5) is 6.24. The van der Waals surface area contributed by atoms with Gasteiger partial charge in [-0.3, -0.25) is 0 Å². The number of aromatic nitrogens is 1. The Morgan fingerprint density at radius 3 is 2.48 bits per heavy atom. The number of thiazole rings is 1. The van der Waals surface area contributed by atoms with Gasteiger partial charge in [-0.1, -0.05) is 39.5 Å². The topological polar surface area (TPSA) is 34.1 Å². The Morgan fingerprint density at radius 1 is 1.24 bits per heavy atom. The Labute approximate surface area is 133 Å². The molecule has 1 aliphatic carbocycles. The van der Waals surface area contributed by atoms with Crippen molar-refractivity contribution in [3.63, 3.8) is 0 Å². The monoisotopic (exact) mass is 310 g/mol. The lowest BCUT2D eigenvalue weighted by Crippen LogP contribution is -2.27. The van der Waals surface area contributed by atoms with E-state index in [0.717, 1.165) is 25.9 Å². The molecule has 21 heavy (non-hydrogen) atoms. The summed E-state index contributed by atoms with van der Waals surface area (Å²) in [6.45, 7) is 8.60. The van der Waals surface area contributed by atoms with Crippen molar-refractivity contribution in [3.05, 3.63) is 15.6 Å². The number of nitrogens with zero attached hydrogens (tertiary/aromatic N) is 1. The summed E-state index contributed by atoms with van der Waals surface area (Å²) in [5, 5.41) is 4.73. The van der Waals surface area contributed by atoms with Crippen molar-refractivity contribution in [1.82, 2.24) is 10.3 Å². The molecule has 1 N–H and O–H groups in total. The van der Waals surface area contributed by atoms with Crippen LogP contribution in [0.4, 0.5) is 0 Å². The van der Waals surface area contributed by atoms with Gasteiger partial charge in [0.2, 0.25) is 0 Å². The van der Waals surface area contributed by atoms with Crippen LogP contribution in [-0.2, 0) is 16.9 Å². The summed E-state index contributed by atoms with van der Waals surface area (Å²) >= 11 is 1.85. The van der Waals surface area contributed by atoms with Crippen molar-refractivity contribution < 1.29 is 4.74 Å². The van der Waals surface area contributed by atoms with Crippen LogP contribution < -0.4 is 5.32 Å². The van der Waals surface area contributed by atoms with E-state index >= 15 is 0 Å². The molecule has 4 heteroatoms. The Bertz CT molecular complexity index is 434. The van der Waals surface area contributed by atoms with Gasteiger partial charge in [0.25, 0.3) is 0 Å². The molecule has 0 amide bonds. The summed E-state index contributed by atoms with van der Waals surface area (Å²) in [5.41, 5.74) is 1.05. The minimum absolute atomic E-state index is 0.123. The van der Waals surface area contributed by atoms with Crippen molar-refractivity contribution in [3.8, 4) is 0 Å². The molecule has 1 aromatic heterocycles. The van der Waals surface area contributed by atoms with E-state index < -0.39 is 0 Å². The van der Waals surface area contributed by atoms with Crippen LogP contribution in [0, 0.1) is 12.8 Å². The zero-order valence-corrected chi connectivity index (χ0v) is 14.8. The normalized spacial score (nSPS) is 18.9. The zero-order valence-electron chi connectivity index (χ0n) is 14.0. The minimum Gasteiger partial charge on any atom is -0.371 e. The van der Waals surface area contributed by atoms with Crippen LogP contribution in [0.25, 0.3) is 0 Å². The molecular weight excluding hydrogens is 280 g/mol. The smallest absolute Gasteiger partial charge is 0.125 e. The Morgan fingerprint density at radius 2 is 1.90 bits per heavy atom. The summed E-state index contributed by atoms with van der Waals surface area (Å²) < 4.78 is 5.98. The van der Waals surface area contributed by atoms with E-state index in [0.29, 0.717) is 5.92 Å². The van der Waals surface area contributed by atoms with E-state index in [1.807, 2.05) is 18.4 Å². The first-order chi connectivity index (χ1) is 10.1. The number of ether oxygens (including phenoxy) is 1. The van der Waals surface area contributed by atoms with Crippen LogP contribution in [0.3, 0.4) is 0 Å². The SMILES string of the molecule is COC1(c2nc(C)c(CNCC(C)C)s2)CCCCCC1. The second-order valence-electron chi connectivity index (χ2n) is 6.66. The lowest BCUT2D eigenvalue weighted by molar-refractivity contribution is -0.0280. The largest absolute Gasteiger partial charge is 0.371 e. The molecule has 3 nitrogen and oxygen atoms in total. The maximum atomic E-state index is 5.98. The van der Waals surface area contributed by atoms with E-state index in [2.05, 4.69) is 26.1 Å². The van der Waals surface area contributed by atoms with Gasteiger partial charge in [0.1, 0.15) is 10.6 Å². The first kappa shape index (κ1) is 16.9. The Kier molecular flexibility index (Phi) is 6.20. The predicted molar refractivity (Wildman–Crippen MR) is 89.8 cm³/mol. The van der Waals surface area contributed by atoms with E-state index in [1.165, 1.54) is 41.3 Å². The third-order valence-electron chi connectivity index (χ3n) is 4.42. The van der Waals surface area contributed by atoms with Crippen LogP contribution in [0.1, 0.15) is 68.0 Å². The molecule has 0 aromatic carbocycles. The van der Waals surface area contributed by atoms with Crippen LogP contribution in [0.5, 0.6) is 0 Å². The second kappa shape index (κ2) is 7.70. The van der Waals surface area contributed by atoms with Gasteiger partial charge in [0, 0.05) is 18.5 Å². The fourth-order valence-electron chi connectivity index (χ4n) is 3.07. The summed E-state index contributed by atoms with van der Waals surface area (Å²) in [6.07, 6.45) is 7.42. The molecule has 0 atom stereocenters. The molecular formula is C17H30N2OS. The first-order valence-electron chi connectivity index (χ1n) is 8.30. The molecule has 1 aromatic rings. The highest BCUT2D eigenvalue weighted by atomic mass is 32.1. The number of aryl methyl sites for hydroxylation is 1. The maximum absolute atomic E-state index is 5.98. The highest BCUT2D eigenvalue weighted by Crippen LogP contribution is 2.41. The molecule has 0 bridgehead atoms. The lowest BCUT2D eigenvalue weighted by Gasteiger charge is -2.29. The molecule has 1 aliphatic rings. The van der Waals surface area contributed by atoms with E-state index in [9.17, 15) is 0 Å². The van der Waals surface area contributed by atoms with Gasteiger partial charge in [0.05, 0.1) is 5.69 Å². The van der Waals surface area contributed by atoms with Gasteiger partial charge >= 0.3 is 0 Å². The van der Waals surface area contributed by atoms with Gasteiger partial charge in [-0.05, 0) is 32.2 Å². The van der Waals surface area contributed by atoms with Crippen LogP contribution >= 0.6 is 11.3 Å². The molecule has 1 fully saturated rings. The maximum Gasteiger partial charge on any atom is 0.125 e. The van der Waals surface area contributed by atoms with Gasteiger partial charge in [0.15, 0.2) is 0 Å². The van der Waals surface area contributed by atoms with Gasteiger partial charge in [-0.25, -0.2) is 4.98 Å². The molecule has 0 unspecified atom stereocenters. The summed E-state index contributed by atoms with van der Waals surface area (Å²) in [6, 6.07) is 0. The van der Waals surface area contributed by atoms with E-state index in [-0.39, 0.29) is 5.60 Å². The number of methoxy groups -OCH3 is 1. The van der Waals surface area contributed by atoms with Gasteiger partial charge < -0.3 is 10.1 Å². The Balaban J connectivity index is 2.11. The van der Waals surface area contributed by atoms with Crippen molar-refractivity contribution >= 4 is 11.3 Å². The second-order valence-corrected chi connectivity index (χ2v) is 7.75. The third kappa shape index (κ3) is 4.27. The standard InChI is InChI=1S/C17H30N2OS/c1-13(2)11-18-12-15-14(3)19-16(21-15)17(20-4)9-7-5-6-8-10-17/h13,18H,5-12H2,1-4H3. The molecule has 1 heterocycles. The number of hydrogen-bond acceptors (Lipinski definition) is 4. The molecule has 0 radical (unpaired) electrons. The third-order valence-corrected chi connectivity index (χ3v) is 5.77. The van der Waals surface area contributed by atoms with E-state index in [1.54, 1.807) is 0 Å². The quantitative estimate of drug-likeness (QED) is 0.791. The fourth-order valence-corrected chi connectivity index (χ4v) is 4.32. The predicted octanol–water partition coefficient (Wildman–Crippen LogP) is 4.39. The molecule has 0 spiro atoms. The van der Waals surface area contributed by atoms with Crippen LogP contribution in [-0.4, -0.2) is 18.6 Å². The van der Waals surface area contributed by atoms with E-state index in [4.69, 9.17) is 9.72 Å². The average Bonchev–Trinajstić information content (AvgIpc) is 2.69. The number of rotatable bonds is 6. The minimum atomic E-state index is -0.123. The molecule has 0 saturated heterocycles. The number of hydrogen-bond donors (Lipinski definition) is 1. The molecule has 0 aliphatic heterocycles. The highest BCUT2D eigenvalue weighted by molar-refractivity contribution is 7.11. The fraction of sp³-hybridized carbons (Fsp3) is 0.824. The van der Waals surface area contributed by atoms with Crippen molar-refractivity contribution in [2.45, 2.75) is 71.4 Å². The number of nitrogens with one attached hydrogen (secondary N) is 1.